The van der Waals surface area contributed by atoms with E-state index in [1.807, 2.05) is 49.6 Å². The maximum atomic E-state index is 13.7. The van der Waals surface area contributed by atoms with Crippen molar-refractivity contribution < 1.29 is 52.9 Å². The molecule has 0 fully saturated rings. The number of hydrogen-bond donors (Lipinski definition) is 8. The summed E-state index contributed by atoms with van der Waals surface area (Å²) in [6, 6.07) is 11.1. The number of carbonyl (C=O) groups is 8. The van der Waals surface area contributed by atoms with Crippen molar-refractivity contribution in [2.24, 2.45) is 11.7 Å². The van der Waals surface area contributed by atoms with Crippen LogP contribution in [0.4, 0.5) is 21.1 Å². The van der Waals surface area contributed by atoms with Gasteiger partial charge < -0.3 is 57.2 Å². The maximum absolute atomic E-state index is 13.7. The monoisotopic (exact) mass is 1010 g/mol. The Labute approximate surface area is 423 Å². The molecule has 0 unspecified atom stereocenters. The van der Waals surface area contributed by atoms with Gasteiger partial charge >= 0.3 is 12.1 Å². The van der Waals surface area contributed by atoms with Crippen LogP contribution in [-0.2, 0) is 57.9 Å². The first-order valence-electron chi connectivity index (χ1n) is 24.3. The van der Waals surface area contributed by atoms with Gasteiger partial charge in [0.15, 0.2) is 5.82 Å². The normalized spacial score (nSPS) is 13.3. The summed E-state index contributed by atoms with van der Waals surface area (Å²) in [5, 5.41) is 24.3. The molecule has 0 saturated heterocycles. The van der Waals surface area contributed by atoms with Crippen LogP contribution >= 0.6 is 0 Å². The summed E-state index contributed by atoms with van der Waals surface area (Å²) >= 11 is 0. The van der Waals surface area contributed by atoms with Crippen molar-refractivity contribution in [2.75, 3.05) is 50.4 Å². The fourth-order valence-corrected chi connectivity index (χ4v) is 8.10. The smallest absolute Gasteiger partial charge is 0.408 e. The molecule has 5 rings (SSSR count). The van der Waals surface area contributed by atoms with E-state index in [-0.39, 0.29) is 82.3 Å². The Morgan fingerprint density at radius 3 is 2.25 bits per heavy atom. The van der Waals surface area contributed by atoms with Crippen LogP contribution in [-0.4, -0.2) is 134 Å². The number of carboxylic acid groups (broad SMARTS) is 1. The number of anilines is 2. The Balaban J connectivity index is 1.11. The number of aromatic nitrogens is 3. The third-order valence-corrected chi connectivity index (χ3v) is 11.8. The Morgan fingerprint density at radius 1 is 0.863 bits per heavy atom. The van der Waals surface area contributed by atoms with Gasteiger partial charge in [0.25, 0.3) is 11.8 Å². The topological polar surface area (TPSA) is 325 Å². The summed E-state index contributed by atoms with van der Waals surface area (Å²) in [4.78, 5) is 112. The lowest BCUT2D eigenvalue weighted by atomic mass is 10.0. The number of ether oxygens (including phenoxy) is 2. The lowest BCUT2D eigenvalue weighted by Gasteiger charge is -2.27. The first-order valence-corrected chi connectivity index (χ1v) is 24.3. The van der Waals surface area contributed by atoms with E-state index in [1.54, 1.807) is 38.1 Å². The number of hydrogen-bond acceptors (Lipinski definition) is 13. The van der Waals surface area contributed by atoms with E-state index in [0.717, 1.165) is 26.2 Å². The minimum atomic E-state index is -1.33. The van der Waals surface area contributed by atoms with E-state index in [1.165, 1.54) is 12.2 Å². The molecule has 9 amide bonds. The van der Waals surface area contributed by atoms with Crippen molar-refractivity contribution in [1.82, 2.24) is 45.6 Å². The van der Waals surface area contributed by atoms with Gasteiger partial charge in [0.05, 0.1) is 29.8 Å². The molecule has 23 nitrogen and oxygen atoms in total. The van der Waals surface area contributed by atoms with Crippen molar-refractivity contribution in [1.29, 1.82) is 0 Å². The van der Waals surface area contributed by atoms with Crippen molar-refractivity contribution in [3.05, 3.63) is 72.1 Å². The van der Waals surface area contributed by atoms with Crippen LogP contribution in [0.5, 0.6) is 0 Å². The van der Waals surface area contributed by atoms with Gasteiger partial charge in [-0.1, -0.05) is 50.6 Å². The molecule has 394 valence electrons. The standard InChI is InChI=1S/C50H68N12O11/c1-6-72-29-37-58-43-44(34-13-9-10-14-35(34)56-45(43)51)62(37)30-50(4,5)73-26-24-53-39(64)28-60(49(70)71)27-32-17-19-33(20-18-32)55-46(67)36(15-12-23-54-48(52)69)57-47(68)42(31(2)3)59-38(63)16-8-7-11-25-61-40(65)21-22-41(61)66/h9-10,13-14,17-22,31,36,42H,6-8,11-12,15-16,23-30H2,1-5H3,(H2,51,56)(H,53,64)(H,55,67)(H,57,68)(H,59,63)(H,70,71)(H3,52,54,69)/t36-,42-/m0/s1. The van der Waals surface area contributed by atoms with Crippen molar-refractivity contribution >= 4 is 81.0 Å². The summed E-state index contributed by atoms with van der Waals surface area (Å²) in [5.74, 6) is -2.24. The van der Waals surface area contributed by atoms with Crippen molar-refractivity contribution in [3.8, 4) is 0 Å². The number of imidazole rings is 1. The molecule has 2 atom stereocenters. The van der Waals surface area contributed by atoms with Crippen molar-refractivity contribution in [2.45, 2.75) is 111 Å². The van der Waals surface area contributed by atoms with E-state index in [9.17, 15) is 43.5 Å². The lowest BCUT2D eigenvalue weighted by Crippen LogP contribution is -2.54. The minimum absolute atomic E-state index is 0.0934. The minimum Gasteiger partial charge on any atom is -0.465 e. The van der Waals surface area contributed by atoms with Gasteiger partial charge in [-0.25, -0.2) is 19.6 Å². The number of para-hydroxylation sites is 1. The van der Waals surface area contributed by atoms with Crippen LogP contribution in [0.2, 0.25) is 0 Å². The molecule has 0 radical (unpaired) electrons. The largest absolute Gasteiger partial charge is 0.465 e. The fraction of sp³-hybridized carbons (Fsp3) is 0.480. The highest BCUT2D eigenvalue weighted by molar-refractivity contribution is 6.13. The number of nitrogen functional groups attached to an aromatic ring is 1. The molecule has 0 bridgehead atoms. The van der Waals surface area contributed by atoms with Crippen LogP contribution in [0.15, 0.2) is 60.7 Å². The summed E-state index contributed by atoms with van der Waals surface area (Å²) in [6.45, 7) is 10.3. The zero-order chi connectivity index (χ0) is 53.2. The summed E-state index contributed by atoms with van der Waals surface area (Å²) < 4.78 is 14.0. The number of rotatable bonds is 29. The lowest BCUT2D eigenvalue weighted by molar-refractivity contribution is -0.137. The number of carbonyl (C=O) groups excluding carboxylic acids is 7. The average Bonchev–Trinajstić information content (AvgIpc) is 3.86. The molecule has 4 aromatic rings. The zero-order valence-electron chi connectivity index (χ0n) is 42.0. The van der Waals surface area contributed by atoms with E-state index in [2.05, 4.69) is 31.6 Å². The number of fused-ring (bicyclic) bond motifs is 3. The number of primary amides is 1. The first kappa shape index (κ1) is 56.3. The molecule has 2 aromatic heterocycles. The average molecular weight is 1010 g/mol. The highest BCUT2D eigenvalue weighted by Crippen LogP contribution is 2.31. The van der Waals surface area contributed by atoms with Crippen LogP contribution in [0.25, 0.3) is 21.9 Å². The highest BCUT2D eigenvalue weighted by Gasteiger charge is 2.30. The molecule has 1 aliphatic heterocycles. The molecule has 2 aromatic carbocycles. The molecule has 10 N–H and O–H groups in total. The molecule has 0 spiro atoms. The quantitative estimate of drug-likeness (QED) is 0.0286. The van der Waals surface area contributed by atoms with Gasteiger partial charge in [-0.05, 0) is 76.1 Å². The van der Waals surface area contributed by atoms with Gasteiger partial charge in [0, 0.05) is 62.4 Å². The van der Waals surface area contributed by atoms with Crippen LogP contribution in [0, 0.1) is 5.92 Å². The van der Waals surface area contributed by atoms with E-state index < -0.39 is 54.1 Å². The van der Waals surface area contributed by atoms with Crippen LogP contribution in [0.1, 0.15) is 84.5 Å². The fourth-order valence-electron chi connectivity index (χ4n) is 8.10. The number of urea groups is 1. The van der Waals surface area contributed by atoms with E-state index in [4.69, 9.17) is 25.9 Å². The van der Waals surface area contributed by atoms with Crippen molar-refractivity contribution in [3.63, 3.8) is 0 Å². The van der Waals surface area contributed by atoms with E-state index >= 15 is 0 Å². The Bertz CT molecular complexity index is 2630. The highest BCUT2D eigenvalue weighted by atomic mass is 16.5. The SMILES string of the molecule is CCOCc1nc2c(N)nc3ccccc3c2n1CC(C)(C)OCCNC(=O)CN(Cc1ccc(NC(=O)[C@H](CCCNC(N)=O)NC(=O)[C@@H](NC(=O)CCCCCN2C(=O)C=CC2=O)C(C)C)cc1)C(=O)O. The second-order valence-corrected chi connectivity index (χ2v) is 18.5. The van der Waals surface area contributed by atoms with Crippen LogP contribution < -0.4 is 38.1 Å². The second-order valence-electron chi connectivity index (χ2n) is 18.5. The first-order chi connectivity index (χ1) is 34.8. The zero-order valence-corrected chi connectivity index (χ0v) is 42.0. The van der Waals surface area contributed by atoms with Gasteiger partial charge in [-0.3, -0.25) is 38.6 Å². The predicted molar refractivity (Wildman–Crippen MR) is 271 cm³/mol. The molecule has 0 aliphatic carbocycles. The number of unbranched alkanes of at least 4 members (excludes halogenated alkanes) is 2. The number of imide groups is 1. The van der Waals surface area contributed by atoms with Gasteiger partial charge in [-0.2, -0.15) is 0 Å². The molecule has 23 heteroatoms. The summed E-state index contributed by atoms with van der Waals surface area (Å²) in [5.41, 5.74) is 13.7. The number of pyridine rings is 1. The molecular weight excluding hydrogens is 945 g/mol. The third kappa shape index (κ3) is 16.7. The Hall–Kier alpha value is -7.66. The second kappa shape index (κ2) is 26.7. The number of nitrogens with one attached hydrogen (secondary N) is 5. The molecule has 0 saturated carbocycles. The molecular formula is C50H68N12O11. The summed E-state index contributed by atoms with van der Waals surface area (Å²) in [7, 11) is 0. The number of benzene rings is 2. The van der Waals surface area contributed by atoms with Crippen LogP contribution in [0.3, 0.4) is 0 Å². The molecule has 73 heavy (non-hydrogen) atoms. The number of nitrogens with two attached hydrogens (primary N) is 2. The third-order valence-electron chi connectivity index (χ3n) is 11.8. The van der Waals surface area contributed by atoms with E-state index in [0.29, 0.717) is 60.8 Å². The molecule has 1 aliphatic rings. The van der Waals surface area contributed by atoms with Gasteiger partial charge in [0.1, 0.15) is 36.6 Å². The predicted octanol–water partition coefficient (Wildman–Crippen LogP) is 3.29. The van der Waals surface area contributed by atoms with Gasteiger partial charge in [0.2, 0.25) is 23.6 Å². The molecule has 3 heterocycles. The number of nitrogens with zero attached hydrogens (tertiary/aromatic N) is 5. The number of amides is 9. The Morgan fingerprint density at radius 2 is 1.58 bits per heavy atom. The maximum Gasteiger partial charge on any atom is 0.408 e. The van der Waals surface area contributed by atoms with Gasteiger partial charge in [-0.15, -0.1) is 0 Å². The summed E-state index contributed by atoms with van der Waals surface area (Å²) in [6.07, 6.45) is 3.09. The Kier molecular flexibility index (Phi) is 20.6.